The molecular formula is C20H25N5O2. The maximum Gasteiger partial charge on any atom is 0.272 e. The summed E-state index contributed by atoms with van der Waals surface area (Å²) in [6.07, 6.45) is 1.07. The fraction of sp³-hybridized carbons (Fsp3) is 0.400. The van der Waals surface area contributed by atoms with Crippen LogP contribution in [-0.2, 0) is 11.3 Å². The van der Waals surface area contributed by atoms with E-state index in [4.69, 9.17) is 5.73 Å². The van der Waals surface area contributed by atoms with Gasteiger partial charge in [-0.25, -0.2) is 9.97 Å². The second-order valence-corrected chi connectivity index (χ2v) is 6.82. The Labute approximate surface area is 159 Å². The average molecular weight is 367 g/mol. The first-order chi connectivity index (χ1) is 13.0. The Morgan fingerprint density at radius 1 is 1.26 bits per heavy atom. The van der Waals surface area contributed by atoms with Crippen molar-refractivity contribution in [3.63, 3.8) is 0 Å². The molecule has 0 bridgehead atoms. The molecule has 0 aliphatic carbocycles. The van der Waals surface area contributed by atoms with Crippen LogP contribution in [0, 0.1) is 6.92 Å². The molecule has 1 aromatic heterocycles. The third-order valence-electron chi connectivity index (χ3n) is 4.83. The van der Waals surface area contributed by atoms with E-state index in [1.54, 1.807) is 17.9 Å². The highest BCUT2D eigenvalue weighted by molar-refractivity contribution is 5.93. The quantitative estimate of drug-likeness (QED) is 0.892. The summed E-state index contributed by atoms with van der Waals surface area (Å²) in [5.74, 6) is -0.0543. The van der Waals surface area contributed by atoms with Gasteiger partial charge < -0.3 is 15.5 Å². The first-order valence-corrected chi connectivity index (χ1v) is 9.21. The smallest absolute Gasteiger partial charge is 0.272 e. The molecule has 1 aliphatic rings. The first kappa shape index (κ1) is 18.8. The summed E-state index contributed by atoms with van der Waals surface area (Å²) in [5.41, 5.74) is 7.70. The number of anilines is 1. The number of amides is 2. The van der Waals surface area contributed by atoms with Gasteiger partial charge in [0.1, 0.15) is 5.69 Å². The standard InChI is InChI=1S/C20H25N5O2/c1-3-16-13-24(19(27)17-11-14(2)22-20(21)23-17)10-9-18(26)25(16)12-15-7-5-4-6-8-15/h4-8,11,16H,3,9-10,12-13H2,1-2H3,(H2,21,22,23). The molecule has 1 aliphatic heterocycles. The minimum absolute atomic E-state index is 0.0376. The molecule has 1 atom stereocenters. The summed E-state index contributed by atoms with van der Waals surface area (Å²) in [6.45, 7) is 5.23. The van der Waals surface area contributed by atoms with E-state index in [2.05, 4.69) is 9.97 Å². The molecule has 2 aromatic rings. The number of rotatable bonds is 4. The lowest BCUT2D eigenvalue weighted by molar-refractivity contribution is -0.133. The van der Waals surface area contributed by atoms with Crippen molar-refractivity contribution >= 4 is 17.8 Å². The zero-order valence-electron chi connectivity index (χ0n) is 15.8. The van der Waals surface area contributed by atoms with Crippen molar-refractivity contribution < 1.29 is 9.59 Å². The van der Waals surface area contributed by atoms with Crippen LogP contribution >= 0.6 is 0 Å². The fourth-order valence-electron chi connectivity index (χ4n) is 3.42. The van der Waals surface area contributed by atoms with Gasteiger partial charge in [0.2, 0.25) is 11.9 Å². The molecule has 0 spiro atoms. The zero-order valence-corrected chi connectivity index (χ0v) is 15.8. The Kier molecular flexibility index (Phi) is 5.69. The van der Waals surface area contributed by atoms with Gasteiger partial charge in [0.25, 0.3) is 5.91 Å². The number of nitrogens with two attached hydrogens (primary N) is 1. The summed E-state index contributed by atoms with van der Waals surface area (Å²) in [4.78, 5) is 37.4. The van der Waals surface area contributed by atoms with Gasteiger partial charge in [0.05, 0.1) is 0 Å². The molecule has 142 valence electrons. The van der Waals surface area contributed by atoms with Gasteiger partial charge >= 0.3 is 0 Å². The van der Waals surface area contributed by atoms with Crippen molar-refractivity contribution in [3.05, 3.63) is 53.3 Å². The van der Waals surface area contributed by atoms with Crippen LogP contribution in [-0.4, -0.2) is 50.7 Å². The summed E-state index contributed by atoms with van der Waals surface area (Å²) >= 11 is 0. The van der Waals surface area contributed by atoms with Gasteiger partial charge in [-0.3, -0.25) is 9.59 Å². The van der Waals surface area contributed by atoms with Crippen LogP contribution in [0.25, 0.3) is 0 Å². The van der Waals surface area contributed by atoms with E-state index in [1.165, 1.54) is 0 Å². The van der Waals surface area contributed by atoms with E-state index in [0.29, 0.717) is 31.7 Å². The van der Waals surface area contributed by atoms with Gasteiger partial charge in [-0.2, -0.15) is 0 Å². The highest BCUT2D eigenvalue weighted by atomic mass is 16.2. The maximum absolute atomic E-state index is 12.9. The number of aromatic nitrogens is 2. The number of carbonyl (C=O) groups is 2. The molecule has 1 saturated heterocycles. The number of hydrogen-bond donors (Lipinski definition) is 1. The van der Waals surface area contributed by atoms with Crippen LogP contribution in [0.4, 0.5) is 5.95 Å². The molecule has 7 nitrogen and oxygen atoms in total. The van der Waals surface area contributed by atoms with E-state index in [9.17, 15) is 9.59 Å². The lowest BCUT2D eigenvalue weighted by Crippen LogP contribution is -2.44. The van der Waals surface area contributed by atoms with Crippen LogP contribution < -0.4 is 5.73 Å². The van der Waals surface area contributed by atoms with Crippen LogP contribution in [0.15, 0.2) is 36.4 Å². The molecule has 2 heterocycles. The Balaban J connectivity index is 1.80. The Morgan fingerprint density at radius 2 is 2.00 bits per heavy atom. The first-order valence-electron chi connectivity index (χ1n) is 9.21. The molecular weight excluding hydrogens is 342 g/mol. The van der Waals surface area contributed by atoms with Crippen LogP contribution in [0.1, 0.15) is 41.5 Å². The molecule has 1 aromatic carbocycles. The number of hydrogen-bond acceptors (Lipinski definition) is 5. The van der Waals surface area contributed by atoms with E-state index >= 15 is 0 Å². The van der Waals surface area contributed by atoms with Crippen molar-refractivity contribution in [1.29, 1.82) is 0 Å². The molecule has 0 radical (unpaired) electrons. The van der Waals surface area contributed by atoms with Gasteiger partial charge in [-0.1, -0.05) is 37.3 Å². The molecule has 27 heavy (non-hydrogen) atoms. The highest BCUT2D eigenvalue weighted by Gasteiger charge is 2.31. The monoisotopic (exact) mass is 367 g/mol. The lowest BCUT2D eigenvalue weighted by Gasteiger charge is -2.31. The van der Waals surface area contributed by atoms with E-state index in [1.807, 2.05) is 42.2 Å². The Hall–Kier alpha value is -2.96. The second-order valence-electron chi connectivity index (χ2n) is 6.82. The third kappa shape index (κ3) is 4.42. The number of aryl methyl sites for hydroxylation is 1. The summed E-state index contributed by atoms with van der Waals surface area (Å²) in [6, 6.07) is 11.5. The largest absolute Gasteiger partial charge is 0.368 e. The predicted octanol–water partition coefficient (Wildman–Crippen LogP) is 2.02. The third-order valence-corrected chi connectivity index (χ3v) is 4.83. The maximum atomic E-state index is 12.9. The normalized spacial score (nSPS) is 17.7. The molecule has 7 heteroatoms. The molecule has 2 N–H and O–H groups in total. The lowest BCUT2D eigenvalue weighted by atomic mass is 10.1. The van der Waals surface area contributed by atoms with Crippen molar-refractivity contribution in [2.24, 2.45) is 0 Å². The minimum Gasteiger partial charge on any atom is -0.368 e. The summed E-state index contributed by atoms with van der Waals surface area (Å²) in [7, 11) is 0. The van der Waals surface area contributed by atoms with Crippen molar-refractivity contribution in [2.45, 2.75) is 39.3 Å². The molecule has 0 saturated carbocycles. The molecule has 1 fully saturated rings. The second kappa shape index (κ2) is 8.16. The topological polar surface area (TPSA) is 92.4 Å². The van der Waals surface area contributed by atoms with Gasteiger partial charge in [0.15, 0.2) is 0 Å². The highest BCUT2D eigenvalue weighted by Crippen LogP contribution is 2.19. The number of nitrogen functional groups attached to an aromatic ring is 1. The Bertz CT molecular complexity index is 804. The summed E-state index contributed by atoms with van der Waals surface area (Å²) in [5, 5.41) is 0. The number of benzene rings is 1. The molecule has 1 unspecified atom stereocenters. The predicted molar refractivity (Wildman–Crippen MR) is 103 cm³/mol. The average Bonchev–Trinajstić information content (AvgIpc) is 2.81. The van der Waals surface area contributed by atoms with Crippen molar-refractivity contribution in [2.75, 3.05) is 18.8 Å². The van der Waals surface area contributed by atoms with Crippen molar-refractivity contribution in [3.8, 4) is 0 Å². The number of nitrogens with zero attached hydrogens (tertiary/aromatic N) is 4. The van der Waals surface area contributed by atoms with Crippen LogP contribution in [0.3, 0.4) is 0 Å². The SMILES string of the molecule is CCC1CN(C(=O)c2cc(C)nc(N)n2)CCC(=O)N1Cc1ccccc1. The van der Waals surface area contributed by atoms with Crippen LogP contribution in [0.5, 0.6) is 0 Å². The van der Waals surface area contributed by atoms with E-state index in [-0.39, 0.29) is 29.5 Å². The zero-order chi connectivity index (χ0) is 19.4. The minimum atomic E-state index is -0.208. The summed E-state index contributed by atoms with van der Waals surface area (Å²) < 4.78 is 0. The van der Waals surface area contributed by atoms with E-state index in [0.717, 1.165) is 12.0 Å². The fourth-order valence-corrected chi connectivity index (χ4v) is 3.42. The van der Waals surface area contributed by atoms with Gasteiger partial charge in [-0.15, -0.1) is 0 Å². The van der Waals surface area contributed by atoms with Gasteiger partial charge in [-0.05, 0) is 25.0 Å². The number of carbonyl (C=O) groups excluding carboxylic acids is 2. The van der Waals surface area contributed by atoms with Crippen LogP contribution in [0.2, 0.25) is 0 Å². The van der Waals surface area contributed by atoms with E-state index < -0.39 is 0 Å². The van der Waals surface area contributed by atoms with Gasteiger partial charge in [0, 0.05) is 37.8 Å². The molecule has 2 amide bonds. The molecule has 3 rings (SSSR count). The Morgan fingerprint density at radius 3 is 2.67 bits per heavy atom. The van der Waals surface area contributed by atoms with Crippen molar-refractivity contribution in [1.82, 2.24) is 19.8 Å².